The van der Waals surface area contributed by atoms with Crippen LogP contribution in [0.15, 0.2) is 0 Å². The number of aliphatic hydroxyl groups excluding tert-OH is 1. The molecule has 4 aliphatic rings. The van der Waals surface area contributed by atoms with Gasteiger partial charge >= 0.3 is 0 Å². The number of nitrogens with one attached hydrogen (secondary N) is 1. The molecule has 0 aromatic rings. The zero-order chi connectivity index (χ0) is 16.4. The first kappa shape index (κ1) is 17.7. The average Bonchev–Trinajstić information content (AvgIpc) is 2.41. The van der Waals surface area contributed by atoms with E-state index in [1.807, 2.05) is 0 Å². The fourth-order valence-corrected chi connectivity index (χ4v) is 7.12. The van der Waals surface area contributed by atoms with Crippen LogP contribution in [0.1, 0.15) is 97.3 Å². The first-order valence-electron chi connectivity index (χ1n) is 10.3. The van der Waals surface area contributed by atoms with Gasteiger partial charge in [0.25, 0.3) is 0 Å². The molecule has 2 heteroatoms. The van der Waals surface area contributed by atoms with Crippen LogP contribution in [0.2, 0.25) is 0 Å². The van der Waals surface area contributed by atoms with E-state index in [0.29, 0.717) is 23.0 Å². The molecular formula is C21H39NO. The van der Waals surface area contributed by atoms with E-state index in [2.05, 4.69) is 19.2 Å². The molecule has 4 saturated carbocycles. The third-order valence-electron chi connectivity index (χ3n) is 6.96. The molecule has 0 aliphatic heterocycles. The Morgan fingerprint density at radius 1 is 0.783 bits per heavy atom. The molecule has 4 atom stereocenters. The fraction of sp³-hybridized carbons (Fsp3) is 1.00. The van der Waals surface area contributed by atoms with Gasteiger partial charge in [-0.15, -0.1) is 0 Å². The second kappa shape index (κ2) is 7.04. The van der Waals surface area contributed by atoms with Crippen molar-refractivity contribution in [2.45, 2.75) is 103 Å². The summed E-state index contributed by atoms with van der Waals surface area (Å²) in [6.07, 6.45) is 17.8. The van der Waals surface area contributed by atoms with Crippen LogP contribution >= 0.6 is 0 Å². The van der Waals surface area contributed by atoms with Crippen molar-refractivity contribution in [3.05, 3.63) is 0 Å². The Kier molecular flexibility index (Phi) is 5.43. The zero-order valence-corrected chi connectivity index (χ0v) is 15.6. The van der Waals surface area contributed by atoms with Crippen molar-refractivity contribution in [3.8, 4) is 0 Å². The summed E-state index contributed by atoms with van der Waals surface area (Å²) in [5.74, 6) is 1.00. The van der Waals surface area contributed by atoms with Crippen molar-refractivity contribution >= 4 is 0 Å². The lowest BCUT2D eigenvalue weighted by Crippen LogP contribution is -2.64. The zero-order valence-electron chi connectivity index (χ0n) is 15.6. The third-order valence-corrected chi connectivity index (χ3v) is 6.96. The maximum atomic E-state index is 8.78. The Bertz CT molecular complexity index is 375. The lowest BCUT2D eigenvalue weighted by molar-refractivity contribution is -0.117. The number of unbranched alkanes of at least 4 members (excludes halogenated alkanes) is 6. The number of hydrogen-bond acceptors (Lipinski definition) is 2. The second-order valence-electron chi connectivity index (χ2n) is 10.0. The summed E-state index contributed by atoms with van der Waals surface area (Å²) in [6.45, 7) is 6.73. The molecule has 0 amide bonds. The molecule has 0 spiro atoms. The molecule has 4 bridgehead atoms. The monoisotopic (exact) mass is 321 g/mol. The first-order chi connectivity index (χ1) is 11.0. The van der Waals surface area contributed by atoms with Crippen molar-refractivity contribution < 1.29 is 5.11 Å². The van der Waals surface area contributed by atoms with Crippen LogP contribution in [0.4, 0.5) is 0 Å². The van der Waals surface area contributed by atoms with Gasteiger partial charge in [-0.05, 0) is 74.7 Å². The van der Waals surface area contributed by atoms with Crippen LogP contribution in [0, 0.1) is 16.7 Å². The lowest BCUT2D eigenvalue weighted by Gasteiger charge is -2.65. The summed E-state index contributed by atoms with van der Waals surface area (Å²) >= 11 is 0. The summed E-state index contributed by atoms with van der Waals surface area (Å²) in [5.41, 5.74) is 1.76. The molecule has 0 radical (unpaired) electrons. The lowest BCUT2D eigenvalue weighted by atomic mass is 9.43. The predicted octanol–water partition coefficient (Wildman–Crippen LogP) is 5.05. The highest BCUT2D eigenvalue weighted by atomic mass is 16.2. The Morgan fingerprint density at radius 3 is 1.91 bits per heavy atom. The van der Waals surface area contributed by atoms with E-state index in [0.717, 1.165) is 12.3 Å². The number of aliphatic hydroxyl groups is 1. The number of hydrogen-bond donors (Lipinski definition) is 2. The summed E-state index contributed by atoms with van der Waals surface area (Å²) in [4.78, 5) is 0. The van der Waals surface area contributed by atoms with Crippen LogP contribution in [-0.2, 0) is 0 Å². The van der Waals surface area contributed by atoms with E-state index in [1.54, 1.807) is 0 Å². The van der Waals surface area contributed by atoms with Crippen LogP contribution < -0.4 is 5.32 Å². The van der Waals surface area contributed by atoms with Crippen molar-refractivity contribution in [1.82, 2.24) is 5.32 Å². The molecular weight excluding hydrogens is 282 g/mol. The average molecular weight is 322 g/mol. The largest absolute Gasteiger partial charge is 0.396 e. The predicted molar refractivity (Wildman–Crippen MR) is 97.5 cm³/mol. The van der Waals surface area contributed by atoms with Crippen molar-refractivity contribution in [3.63, 3.8) is 0 Å². The van der Waals surface area contributed by atoms with E-state index < -0.39 is 0 Å². The smallest absolute Gasteiger partial charge is 0.0431 e. The van der Waals surface area contributed by atoms with Crippen LogP contribution in [0.5, 0.6) is 0 Å². The van der Waals surface area contributed by atoms with Gasteiger partial charge in [0, 0.05) is 12.1 Å². The Morgan fingerprint density at radius 2 is 1.35 bits per heavy atom. The Balaban J connectivity index is 1.36. The highest BCUT2D eigenvalue weighted by Gasteiger charge is 2.59. The maximum Gasteiger partial charge on any atom is 0.0431 e. The van der Waals surface area contributed by atoms with Crippen LogP contribution in [0.25, 0.3) is 0 Å². The third kappa shape index (κ3) is 4.31. The van der Waals surface area contributed by atoms with E-state index in [9.17, 15) is 0 Å². The minimum absolute atomic E-state index is 0.366. The molecule has 23 heavy (non-hydrogen) atoms. The molecule has 134 valence electrons. The molecule has 4 aliphatic carbocycles. The summed E-state index contributed by atoms with van der Waals surface area (Å²) < 4.78 is 0. The molecule has 0 heterocycles. The first-order valence-corrected chi connectivity index (χ1v) is 10.3. The van der Waals surface area contributed by atoms with Crippen molar-refractivity contribution in [2.75, 3.05) is 13.2 Å². The van der Waals surface area contributed by atoms with Gasteiger partial charge in [0.05, 0.1) is 0 Å². The van der Waals surface area contributed by atoms with Crippen LogP contribution in [0.3, 0.4) is 0 Å². The van der Waals surface area contributed by atoms with Crippen LogP contribution in [-0.4, -0.2) is 23.8 Å². The Labute approximate surface area is 143 Å². The van der Waals surface area contributed by atoms with Gasteiger partial charge in [0.1, 0.15) is 0 Å². The van der Waals surface area contributed by atoms with Gasteiger partial charge in [0.2, 0.25) is 0 Å². The molecule has 2 unspecified atom stereocenters. The second-order valence-corrected chi connectivity index (χ2v) is 10.0. The summed E-state index contributed by atoms with van der Waals surface area (Å²) in [5, 5.41) is 12.8. The highest BCUT2D eigenvalue weighted by Crippen LogP contribution is 2.66. The number of rotatable bonds is 10. The van der Waals surface area contributed by atoms with Gasteiger partial charge in [-0.3, -0.25) is 0 Å². The quantitative estimate of drug-likeness (QED) is 0.552. The minimum atomic E-state index is 0.366. The highest BCUT2D eigenvalue weighted by molar-refractivity contribution is 5.14. The van der Waals surface area contributed by atoms with E-state index in [1.165, 1.54) is 83.6 Å². The van der Waals surface area contributed by atoms with E-state index >= 15 is 0 Å². The standard InChI is InChI=1S/C21H39NO/c1-19-12-18-13-20(2,15-19)17-21(14-18,16-19)22-10-8-6-4-3-5-7-9-11-23/h18,22-23H,3-17H2,1-2H3/t18?,19-,20+,21?. The SMILES string of the molecule is C[C@]12CC3CC(NCCCCCCCCCO)(C1)C[C@@](C)(C3)C2. The van der Waals surface area contributed by atoms with Gasteiger partial charge in [-0.25, -0.2) is 0 Å². The summed E-state index contributed by atoms with van der Waals surface area (Å²) in [6, 6.07) is 0. The molecule has 4 rings (SSSR count). The molecule has 2 N–H and O–H groups in total. The molecule has 0 aromatic heterocycles. The molecule has 4 fully saturated rings. The van der Waals surface area contributed by atoms with Crippen molar-refractivity contribution in [2.24, 2.45) is 16.7 Å². The van der Waals surface area contributed by atoms with E-state index in [-0.39, 0.29) is 0 Å². The van der Waals surface area contributed by atoms with Crippen molar-refractivity contribution in [1.29, 1.82) is 0 Å². The topological polar surface area (TPSA) is 32.3 Å². The van der Waals surface area contributed by atoms with Gasteiger partial charge < -0.3 is 10.4 Å². The van der Waals surface area contributed by atoms with Gasteiger partial charge in [-0.2, -0.15) is 0 Å². The normalized spacial score (nSPS) is 41.6. The maximum absolute atomic E-state index is 8.78. The molecule has 2 nitrogen and oxygen atoms in total. The van der Waals surface area contributed by atoms with Gasteiger partial charge in [0.15, 0.2) is 0 Å². The fourth-order valence-electron chi connectivity index (χ4n) is 7.12. The molecule has 0 aromatic carbocycles. The van der Waals surface area contributed by atoms with E-state index in [4.69, 9.17) is 5.11 Å². The minimum Gasteiger partial charge on any atom is -0.396 e. The van der Waals surface area contributed by atoms with Gasteiger partial charge in [-0.1, -0.05) is 46.0 Å². The molecule has 0 saturated heterocycles. The Hall–Kier alpha value is -0.0800. The summed E-state index contributed by atoms with van der Waals surface area (Å²) in [7, 11) is 0.